The summed E-state index contributed by atoms with van der Waals surface area (Å²) in [4.78, 5) is 7.69. The van der Waals surface area contributed by atoms with Gasteiger partial charge in [0.25, 0.3) is 0 Å². The average Bonchev–Trinajstić information content (AvgIpc) is 2.85. The minimum Gasteiger partial charge on any atom is -0.483 e. The third-order valence-electron chi connectivity index (χ3n) is 2.92. The van der Waals surface area contributed by atoms with Gasteiger partial charge in [-0.1, -0.05) is 12.1 Å². The van der Waals surface area contributed by atoms with Crippen molar-refractivity contribution in [2.24, 2.45) is 0 Å². The van der Waals surface area contributed by atoms with Gasteiger partial charge in [0.2, 0.25) is 0 Å². The van der Waals surface area contributed by atoms with Gasteiger partial charge in [-0.3, -0.25) is 0 Å². The van der Waals surface area contributed by atoms with Crippen molar-refractivity contribution in [3.63, 3.8) is 0 Å². The summed E-state index contributed by atoms with van der Waals surface area (Å²) in [6.07, 6.45) is -0.224. The molecule has 1 unspecified atom stereocenters. The van der Waals surface area contributed by atoms with Crippen LogP contribution in [-0.4, -0.2) is 9.97 Å². The summed E-state index contributed by atoms with van der Waals surface area (Å²) in [5.74, 6) is 1.10. The largest absolute Gasteiger partial charge is 0.483 e. The number of nitrogens with one attached hydrogen (secondary N) is 1. The maximum Gasteiger partial charge on any atom is 0.153 e. The smallest absolute Gasteiger partial charge is 0.153 e. The number of hydrogen-bond donors (Lipinski definition) is 1. The number of H-pyrrole nitrogens is 1. The second kappa shape index (κ2) is 4.72. The summed E-state index contributed by atoms with van der Waals surface area (Å²) in [7, 11) is 0. The number of benzene rings is 2. The van der Waals surface area contributed by atoms with Gasteiger partial charge < -0.3 is 9.72 Å². The normalized spacial score (nSPS) is 12.5. The van der Waals surface area contributed by atoms with Gasteiger partial charge in [0.15, 0.2) is 6.10 Å². The molecule has 1 N–H and O–H groups in total. The fraction of sp³-hybridized carbons (Fsp3) is 0.133. The highest BCUT2D eigenvalue weighted by Crippen LogP contribution is 2.22. The first-order valence-electron chi connectivity index (χ1n) is 6.09. The van der Waals surface area contributed by atoms with Crippen molar-refractivity contribution in [3.05, 3.63) is 60.2 Å². The monoisotopic (exact) mass is 256 g/mol. The first-order valence-corrected chi connectivity index (χ1v) is 6.09. The topological polar surface area (TPSA) is 37.9 Å². The van der Waals surface area contributed by atoms with E-state index in [9.17, 15) is 4.39 Å². The van der Waals surface area contributed by atoms with Crippen LogP contribution in [0.2, 0.25) is 0 Å². The zero-order valence-electron chi connectivity index (χ0n) is 10.4. The summed E-state index contributed by atoms with van der Waals surface area (Å²) in [5.41, 5.74) is 1.89. The second-order valence-electron chi connectivity index (χ2n) is 4.35. The second-order valence-corrected chi connectivity index (χ2v) is 4.35. The third-order valence-corrected chi connectivity index (χ3v) is 2.92. The predicted molar refractivity (Wildman–Crippen MR) is 71.5 cm³/mol. The van der Waals surface area contributed by atoms with Gasteiger partial charge in [0, 0.05) is 0 Å². The molecule has 0 amide bonds. The van der Waals surface area contributed by atoms with E-state index in [-0.39, 0.29) is 11.9 Å². The van der Waals surface area contributed by atoms with Gasteiger partial charge in [-0.2, -0.15) is 0 Å². The fourth-order valence-electron chi connectivity index (χ4n) is 1.94. The molecule has 0 fully saturated rings. The van der Waals surface area contributed by atoms with E-state index in [1.165, 1.54) is 12.1 Å². The number of aromatic nitrogens is 2. The molecule has 4 heteroatoms. The summed E-state index contributed by atoms with van der Waals surface area (Å²) in [6.45, 7) is 1.90. The van der Waals surface area contributed by atoms with Crippen molar-refractivity contribution >= 4 is 11.0 Å². The van der Waals surface area contributed by atoms with Gasteiger partial charge in [-0.15, -0.1) is 0 Å². The van der Waals surface area contributed by atoms with Crippen LogP contribution >= 0.6 is 0 Å². The molecule has 0 bridgehead atoms. The molecule has 1 heterocycles. The lowest BCUT2D eigenvalue weighted by Gasteiger charge is -2.12. The molecule has 1 atom stereocenters. The number of fused-ring (bicyclic) bond motifs is 1. The van der Waals surface area contributed by atoms with Crippen LogP contribution in [0.1, 0.15) is 18.9 Å². The number of nitrogens with zero attached hydrogens (tertiary/aromatic N) is 1. The van der Waals surface area contributed by atoms with Crippen molar-refractivity contribution < 1.29 is 9.13 Å². The third kappa shape index (κ3) is 2.42. The molecule has 0 aliphatic carbocycles. The number of para-hydroxylation sites is 2. The maximum atomic E-state index is 12.8. The summed E-state index contributed by atoms with van der Waals surface area (Å²) >= 11 is 0. The molecule has 0 saturated carbocycles. The highest BCUT2D eigenvalue weighted by atomic mass is 19.1. The van der Waals surface area contributed by atoms with E-state index >= 15 is 0 Å². The Hall–Kier alpha value is -2.36. The number of aromatic amines is 1. The summed E-state index contributed by atoms with van der Waals surface area (Å²) in [6, 6.07) is 13.8. The Labute approximate surface area is 110 Å². The summed E-state index contributed by atoms with van der Waals surface area (Å²) < 4.78 is 18.5. The van der Waals surface area contributed by atoms with Gasteiger partial charge in [-0.25, -0.2) is 9.37 Å². The molecular weight excluding hydrogens is 243 g/mol. The van der Waals surface area contributed by atoms with Crippen molar-refractivity contribution in [3.8, 4) is 5.75 Å². The van der Waals surface area contributed by atoms with Crippen LogP contribution in [0.3, 0.4) is 0 Å². The molecule has 0 spiro atoms. The lowest BCUT2D eigenvalue weighted by Crippen LogP contribution is -2.04. The molecule has 3 rings (SSSR count). The van der Waals surface area contributed by atoms with Gasteiger partial charge in [0.05, 0.1) is 11.0 Å². The number of halogens is 1. The van der Waals surface area contributed by atoms with E-state index in [0.717, 1.165) is 16.9 Å². The molecule has 0 saturated heterocycles. The van der Waals surface area contributed by atoms with E-state index in [0.29, 0.717) is 5.75 Å². The fourth-order valence-corrected chi connectivity index (χ4v) is 1.94. The highest BCUT2D eigenvalue weighted by Gasteiger charge is 2.12. The van der Waals surface area contributed by atoms with Crippen molar-refractivity contribution in [2.45, 2.75) is 13.0 Å². The summed E-state index contributed by atoms with van der Waals surface area (Å²) in [5, 5.41) is 0. The van der Waals surface area contributed by atoms with Crippen LogP contribution in [0.15, 0.2) is 48.5 Å². The molecule has 96 valence electrons. The minimum atomic E-state index is -0.274. The lowest BCUT2D eigenvalue weighted by molar-refractivity contribution is 0.217. The van der Waals surface area contributed by atoms with Crippen LogP contribution < -0.4 is 4.74 Å². The van der Waals surface area contributed by atoms with Gasteiger partial charge in [-0.05, 0) is 43.3 Å². The van der Waals surface area contributed by atoms with E-state index < -0.39 is 0 Å². The first kappa shape index (κ1) is 11.7. The molecule has 3 nitrogen and oxygen atoms in total. The van der Waals surface area contributed by atoms with E-state index in [1.54, 1.807) is 12.1 Å². The van der Waals surface area contributed by atoms with Crippen LogP contribution in [0.25, 0.3) is 11.0 Å². The number of rotatable bonds is 3. The van der Waals surface area contributed by atoms with Crippen LogP contribution in [0.4, 0.5) is 4.39 Å². The number of hydrogen-bond acceptors (Lipinski definition) is 2. The average molecular weight is 256 g/mol. The number of imidazole rings is 1. The van der Waals surface area contributed by atoms with Gasteiger partial charge in [0.1, 0.15) is 17.4 Å². The molecule has 0 aliphatic rings. The molecule has 2 aromatic carbocycles. The Kier molecular flexibility index (Phi) is 2.91. The molecule has 0 radical (unpaired) electrons. The predicted octanol–water partition coefficient (Wildman–Crippen LogP) is 3.84. The van der Waals surface area contributed by atoms with Crippen molar-refractivity contribution in [1.82, 2.24) is 9.97 Å². The van der Waals surface area contributed by atoms with Crippen molar-refractivity contribution in [2.75, 3.05) is 0 Å². The molecule has 1 aromatic heterocycles. The molecule has 3 aromatic rings. The van der Waals surface area contributed by atoms with E-state index in [2.05, 4.69) is 9.97 Å². The zero-order valence-corrected chi connectivity index (χ0v) is 10.4. The quantitative estimate of drug-likeness (QED) is 0.773. The Morgan fingerprint density at radius 2 is 1.84 bits per heavy atom. The van der Waals surface area contributed by atoms with Crippen molar-refractivity contribution in [1.29, 1.82) is 0 Å². The molecule has 0 aliphatic heterocycles. The Morgan fingerprint density at radius 1 is 1.11 bits per heavy atom. The van der Waals surface area contributed by atoms with Gasteiger partial charge >= 0.3 is 0 Å². The molecule has 19 heavy (non-hydrogen) atoms. The minimum absolute atomic E-state index is 0.224. The van der Waals surface area contributed by atoms with Crippen LogP contribution in [0.5, 0.6) is 5.75 Å². The van der Waals surface area contributed by atoms with E-state index in [1.807, 2.05) is 31.2 Å². The Balaban J connectivity index is 1.83. The zero-order chi connectivity index (χ0) is 13.2. The highest BCUT2D eigenvalue weighted by molar-refractivity contribution is 5.74. The maximum absolute atomic E-state index is 12.8. The van der Waals surface area contributed by atoms with Crippen LogP contribution in [0, 0.1) is 5.82 Å². The van der Waals surface area contributed by atoms with E-state index in [4.69, 9.17) is 4.74 Å². The lowest BCUT2D eigenvalue weighted by atomic mass is 10.3. The molecular formula is C15H13FN2O. The SMILES string of the molecule is CC(Oc1ccc(F)cc1)c1nc2ccccc2[nH]1. The van der Waals surface area contributed by atoms with Crippen LogP contribution in [-0.2, 0) is 0 Å². The first-order chi connectivity index (χ1) is 9.22. The standard InChI is InChI=1S/C15H13FN2O/c1-10(19-12-8-6-11(16)7-9-12)15-17-13-4-2-3-5-14(13)18-15/h2-10H,1H3,(H,17,18). The number of ether oxygens (including phenoxy) is 1. The Bertz CT molecular complexity index is 658. The Morgan fingerprint density at radius 3 is 2.58 bits per heavy atom.